The Hall–Kier alpha value is -4.80. The third kappa shape index (κ3) is 5.15. The lowest BCUT2D eigenvalue weighted by Crippen LogP contribution is -2.23. The minimum atomic E-state index is -0.407. The van der Waals surface area contributed by atoms with E-state index in [-0.39, 0.29) is 24.1 Å². The molecule has 0 saturated heterocycles. The van der Waals surface area contributed by atoms with E-state index in [1.807, 2.05) is 30.3 Å². The Bertz CT molecular complexity index is 1620. The van der Waals surface area contributed by atoms with Gasteiger partial charge in [0.2, 0.25) is 5.95 Å². The van der Waals surface area contributed by atoms with Crippen LogP contribution in [0.5, 0.6) is 5.75 Å². The average Bonchev–Trinajstić information content (AvgIpc) is 3.59. The van der Waals surface area contributed by atoms with Crippen molar-refractivity contribution in [3.8, 4) is 34.0 Å². The molecule has 1 atom stereocenters. The van der Waals surface area contributed by atoms with Gasteiger partial charge >= 0.3 is 5.97 Å². The molecule has 3 heterocycles. The van der Waals surface area contributed by atoms with E-state index in [1.165, 1.54) is 13.4 Å². The Labute approximate surface area is 225 Å². The fourth-order valence-corrected chi connectivity index (χ4v) is 4.41. The topological polar surface area (TPSA) is 136 Å². The molecular weight excluding hydrogens is 496 g/mol. The van der Waals surface area contributed by atoms with E-state index in [0.717, 1.165) is 39.2 Å². The van der Waals surface area contributed by atoms with E-state index in [9.17, 15) is 4.79 Å². The zero-order valence-corrected chi connectivity index (χ0v) is 22.5. The van der Waals surface area contributed by atoms with E-state index >= 15 is 0 Å². The molecule has 1 unspecified atom stereocenters. The summed E-state index contributed by atoms with van der Waals surface area (Å²) in [4.78, 5) is 29.3. The molecule has 2 N–H and O–H groups in total. The van der Waals surface area contributed by atoms with Crippen molar-refractivity contribution in [2.24, 2.45) is 5.92 Å². The summed E-state index contributed by atoms with van der Waals surface area (Å²) in [6.45, 7) is 8.36. The maximum atomic E-state index is 11.8. The van der Waals surface area contributed by atoms with Gasteiger partial charge in [0.25, 0.3) is 0 Å². The highest BCUT2D eigenvalue weighted by Crippen LogP contribution is 2.36. The maximum Gasteiger partial charge on any atom is 0.311 e. The molecule has 3 aromatic heterocycles. The first-order chi connectivity index (χ1) is 18.7. The van der Waals surface area contributed by atoms with E-state index < -0.39 is 5.92 Å². The molecule has 0 fully saturated rings. The molecule has 39 heavy (non-hydrogen) atoms. The zero-order valence-electron chi connectivity index (χ0n) is 22.5. The van der Waals surface area contributed by atoms with Crippen LogP contribution in [-0.2, 0) is 15.1 Å². The molecule has 2 aromatic carbocycles. The highest BCUT2D eigenvalue weighted by atomic mass is 16.5. The second-order valence-electron chi connectivity index (χ2n) is 10.2. The predicted octanol–water partition coefficient (Wildman–Crippen LogP) is 4.27. The molecule has 0 aliphatic heterocycles. The summed E-state index contributed by atoms with van der Waals surface area (Å²) in [6.07, 6.45) is 6.51. The highest BCUT2D eigenvalue weighted by molar-refractivity contribution is 5.87. The van der Waals surface area contributed by atoms with Gasteiger partial charge in [-0.3, -0.25) is 4.79 Å². The third-order valence-corrected chi connectivity index (χ3v) is 6.31. The Morgan fingerprint density at radius 2 is 1.85 bits per heavy atom. The molecule has 0 saturated carbocycles. The smallest absolute Gasteiger partial charge is 0.311 e. The molecule has 0 aliphatic carbocycles. The van der Waals surface area contributed by atoms with Crippen LogP contribution in [0.4, 0.5) is 5.95 Å². The van der Waals surface area contributed by atoms with Crippen LogP contribution in [0.25, 0.3) is 39.2 Å². The molecule has 5 aromatic rings. The van der Waals surface area contributed by atoms with Crippen LogP contribution in [0.2, 0.25) is 0 Å². The van der Waals surface area contributed by atoms with Crippen LogP contribution in [0.3, 0.4) is 0 Å². The monoisotopic (exact) mass is 526 g/mol. The summed E-state index contributed by atoms with van der Waals surface area (Å²) in [5.41, 5.74) is 10.6. The third-order valence-electron chi connectivity index (χ3n) is 6.31. The zero-order chi connectivity index (χ0) is 27.7. The van der Waals surface area contributed by atoms with Gasteiger partial charge in [0.1, 0.15) is 30.8 Å². The minimum Gasteiger partial charge on any atom is -0.493 e. The number of nitrogens with zero attached hydrogens (tertiary/aromatic N) is 7. The number of anilines is 1. The van der Waals surface area contributed by atoms with Gasteiger partial charge in [-0.2, -0.15) is 5.10 Å². The van der Waals surface area contributed by atoms with Crippen LogP contribution in [0.1, 0.15) is 27.7 Å². The average molecular weight is 527 g/mol. The summed E-state index contributed by atoms with van der Waals surface area (Å²) in [5, 5.41) is 4.37. The molecule has 0 spiro atoms. The number of nitrogen functional groups attached to an aromatic ring is 1. The molecule has 0 bridgehead atoms. The molecular formula is C28H30N8O3. The highest BCUT2D eigenvalue weighted by Gasteiger charge is 2.25. The van der Waals surface area contributed by atoms with Crippen LogP contribution in [0, 0.1) is 5.92 Å². The van der Waals surface area contributed by atoms with Crippen molar-refractivity contribution in [1.29, 1.82) is 0 Å². The Balaban J connectivity index is 1.63. The van der Waals surface area contributed by atoms with E-state index in [2.05, 4.69) is 51.5 Å². The van der Waals surface area contributed by atoms with Crippen molar-refractivity contribution >= 4 is 23.0 Å². The number of carbonyl (C=O) groups excluding carboxylic acids is 1. The summed E-state index contributed by atoms with van der Waals surface area (Å²) in [7, 11) is 1.37. The molecule has 0 amide bonds. The van der Waals surface area contributed by atoms with Gasteiger partial charge in [-0.15, -0.1) is 0 Å². The lowest BCUT2D eigenvalue weighted by Gasteiger charge is -2.25. The van der Waals surface area contributed by atoms with Gasteiger partial charge in [-0.25, -0.2) is 24.6 Å². The molecule has 11 nitrogen and oxygen atoms in total. The fraction of sp³-hybridized carbons (Fsp3) is 0.286. The van der Waals surface area contributed by atoms with Gasteiger partial charge in [-0.1, -0.05) is 6.07 Å². The van der Waals surface area contributed by atoms with Gasteiger partial charge in [0.15, 0.2) is 0 Å². The number of methoxy groups -OCH3 is 1. The predicted molar refractivity (Wildman–Crippen MR) is 147 cm³/mol. The van der Waals surface area contributed by atoms with Gasteiger partial charge in [0, 0.05) is 35.1 Å². The molecule has 0 radical (unpaired) electrons. The maximum absolute atomic E-state index is 11.8. The Morgan fingerprint density at radius 3 is 2.51 bits per heavy atom. The SMILES string of the molecule is COC(=O)C(C)COc1ccc(-c2nc3cc(-c4cnc(N)nc4)ccc3n2C(C)(C)C)c(-n2cncn2)c1. The number of imidazole rings is 1. The molecule has 200 valence electrons. The number of fused-ring (bicyclic) bond motifs is 1. The number of rotatable bonds is 7. The first kappa shape index (κ1) is 25.8. The van der Waals surface area contributed by atoms with Crippen molar-refractivity contribution in [3.05, 3.63) is 61.4 Å². The Kier molecular flexibility index (Phi) is 6.73. The summed E-state index contributed by atoms with van der Waals surface area (Å²) >= 11 is 0. The number of hydrogen-bond donors (Lipinski definition) is 1. The van der Waals surface area contributed by atoms with Crippen LogP contribution in [-0.4, -0.2) is 54.0 Å². The van der Waals surface area contributed by atoms with Crippen molar-refractivity contribution in [2.45, 2.75) is 33.2 Å². The minimum absolute atomic E-state index is 0.181. The second kappa shape index (κ2) is 10.2. The quantitative estimate of drug-likeness (QED) is 0.308. The van der Waals surface area contributed by atoms with Crippen LogP contribution < -0.4 is 10.5 Å². The molecule has 0 aliphatic rings. The van der Waals surface area contributed by atoms with Crippen molar-refractivity contribution in [3.63, 3.8) is 0 Å². The fourth-order valence-electron chi connectivity index (χ4n) is 4.41. The second-order valence-corrected chi connectivity index (χ2v) is 10.2. The number of esters is 1. The number of nitrogens with two attached hydrogens (primary N) is 1. The normalized spacial score (nSPS) is 12.4. The van der Waals surface area contributed by atoms with Crippen molar-refractivity contribution in [1.82, 2.24) is 34.3 Å². The number of hydrogen-bond acceptors (Lipinski definition) is 9. The molecule has 5 rings (SSSR count). The first-order valence-electron chi connectivity index (χ1n) is 12.5. The molecule has 11 heteroatoms. The van der Waals surface area contributed by atoms with Gasteiger partial charge in [0.05, 0.1) is 29.7 Å². The largest absolute Gasteiger partial charge is 0.493 e. The number of carbonyl (C=O) groups is 1. The summed E-state index contributed by atoms with van der Waals surface area (Å²) in [6, 6.07) is 11.8. The lowest BCUT2D eigenvalue weighted by molar-refractivity contribution is -0.145. The van der Waals surface area contributed by atoms with Gasteiger partial charge < -0.3 is 19.8 Å². The van der Waals surface area contributed by atoms with Crippen LogP contribution >= 0.6 is 0 Å². The number of ether oxygens (including phenoxy) is 2. The van der Waals surface area contributed by atoms with E-state index in [1.54, 1.807) is 30.3 Å². The van der Waals surface area contributed by atoms with Crippen molar-refractivity contribution < 1.29 is 14.3 Å². The number of benzene rings is 2. The summed E-state index contributed by atoms with van der Waals surface area (Å²) < 4.78 is 14.6. The van der Waals surface area contributed by atoms with Crippen LogP contribution in [0.15, 0.2) is 61.4 Å². The van der Waals surface area contributed by atoms with Crippen molar-refractivity contribution in [2.75, 3.05) is 19.5 Å². The summed E-state index contributed by atoms with van der Waals surface area (Å²) in [5.74, 6) is 0.848. The van der Waals surface area contributed by atoms with E-state index in [4.69, 9.17) is 20.2 Å². The number of aromatic nitrogens is 7. The first-order valence-corrected chi connectivity index (χ1v) is 12.5. The lowest BCUT2D eigenvalue weighted by atomic mass is 10.0. The Morgan fingerprint density at radius 1 is 1.08 bits per heavy atom. The van der Waals surface area contributed by atoms with E-state index in [0.29, 0.717) is 5.75 Å². The standard InChI is InChI=1S/C28H30N8O3/c1-17(26(37)38-5)14-39-20-7-8-21(24(11-20)35-16-30-15-33-35)25-34-22-10-18(19-12-31-27(29)32-13-19)6-9-23(22)36(25)28(2,3)4/h6-13,15-17H,14H2,1-5H3,(H2,29,31,32). The van der Waals surface area contributed by atoms with Gasteiger partial charge in [-0.05, 0) is 57.5 Å².